The topological polar surface area (TPSA) is 53.6 Å². The van der Waals surface area contributed by atoms with E-state index in [2.05, 4.69) is 58.6 Å². The maximum atomic E-state index is 6.43. The first-order chi connectivity index (χ1) is 13.2. The van der Waals surface area contributed by atoms with Gasteiger partial charge in [0.25, 0.3) is 0 Å². The first kappa shape index (κ1) is 16.3. The second kappa shape index (κ2) is 6.39. The summed E-state index contributed by atoms with van der Waals surface area (Å²) in [5, 5.41) is 4.96. The Labute approximate surface area is 162 Å². The molecule has 0 saturated heterocycles. The molecule has 0 amide bonds. The Morgan fingerprint density at radius 1 is 1.15 bits per heavy atom. The Balaban J connectivity index is 1.51. The standard InChI is InChI=1S/C22H19ClN4/c1-13-5-8-17-18(11-24-20(17)9-13)21-19(23)12-25-22(27-21)26-16-4-2-3-15(10-16)14-6-7-14/h2-5,8-12,14,24H,6-7H2,1H3,(H,25,26,27). The van der Waals surface area contributed by atoms with Crippen LogP contribution in [0.4, 0.5) is 11.6 Å². The van der Waals surface area contributed by atoms with Gasteiger partial charge in [-0.2, -0.15) is 0 Å². The predicted molar refractivity (Wildman–Crippen MR) is 111 cm³/mol. The molecule has 0 bridgehead atoms. The molecule has 2 heterocycles. The van der Waals surface area contributed by atoms with Crippen LogP contribution < -0.4 is 5.32 Å². The predicted octanol–water partition coefficient (Wildman–Crippen LogP) is 6.21. The van der Waals surface area contributed by atoms with E-state index in [1.54, 1.807) is 6.20 Å². The van der Waals surface area contributed by atoms with Gasteiger partial charge >= 0.3 is 0 Å². The largest absolute Gasteiger partial charge is 0.360 e. The van der Waals surface area contributed by atoms with E-state index in [9.17, 15) is 0 Å². The second-order valence-electron chi connectivity index (χ2n) is 7.17. The molecule has 1 saturated carbocycles. The smallest absolute Gasteiger partial charge is 0.227 e. The maximum Gasteiger partial charge on any atom is 0.227 e. The third-order valence-electron chi connectivity index (χ3n) is 5.03. The van der Waals surface area contributed by atoms with Crippen LogP contribution in [0.5, 0.6) is 0 Å². The highest BCUT2D eigenvalue weighted by atomic mass is 35.5. The van der Waals surface area contributed by atoms with Crippen LogP contribution in [0.3, 0.4) is 0 Å². The van der Waals surface area contributed by atoms with Gasteiger partial charge in [-0.3, -0.25) is 0 Å². The van der Waals surface area contributed by atoms with Crippen molar-refractivity contribution in [1.29, 1.82) is 0 Å². The number of halogens is 1. The summed E-state index contributed by atoms with van der Waals surface area (Å²) in [7, 11) is 0. The number of hydrogen-bond donors (Lipinski definition) is 2. The molecule has 0 atom stereocenters. The van der Waals surface area contributed by atoms with Crippen molar-refractivity contribution in [3.8, 4) is 11.3 Å². The number of nitrogens with one attached hydrogen (secondary N) is 2. The first-order valence-electron chi connectivity index (χ1n) is 9.15. The van der Waals surface area contributed by atoms with Gasteiger partial charge in [0, 0.05) is 28.4 Å². The van der Waals surface area contributed by atoms with E-state index in [1.165, 1.54) is 24.0 Å². The van der Waals surface area contributed by atoms with Gasteiger partial charge in [0.15, 0.2) is 0 Å². The summed E-state index contributed by atoms with van der Waals surface area (Å²) in [6.45, 7) is 2.08. The number of fused-ring (bicyclic) bond motifs is 1. The minimum atomic E-state index is 0.536. The van der Waals surface area contributed by atoms with Crippen LogP contribution in [-0.4, -0.2) is 15.0 Å². The lowest BCUT2D eigenvalue weighted by Crippen LogP contribution is -1.99. The number of benzene rings is 2. The molecular weight excluding hydrogens is 356 g/mol. The molecule has 5 heteroatoms. The summed E-state index contributed by atoms with van der Waals surface area (Å²) in [6, 6.07) is 14.8. The fraction of sp³-hybridized carbons (Fsp3) is 0.182. The zero-order valence-electron chi connectivity index (χ0n) is 15.0. The number of aryl methyl sites for hydroxylation is 1. The Morgan fingerprint density at radius 3 is 2.89 bits per heavy atom. The molecule has 2 aromatic carbocycles. The molecule has 134 valence electrons. The molecule has 4 nitrogen and oxygen atoms in total. The molecule has 0 radical (unpaired) electrons. The van der Waals surface area contributed by atoms with Crippen LogP contribution >= 0.6 is 11.6 Å². The Bertz CT molecular complexity index is 1140. The minimum Gasteiger partial charge on any atom is -0.360 e. The van der Waals surface area contributed by atoms with Crippen LogP contribution in [0, 0.1) is 6.92 Å². The van der Waals surface area contributed by atoms with E-state index in [4.69, 9.17) is 16.6 Å². The zero-order chi connectivity index (χ0) is 18.4. The monoisotopic (exact) mass is 374 g/mol. The molecule has 4 aromatic rings. The summed E-state index contributed by atoms with van der Waals surface area (Å²) in [6.07, 6.45) is 6.18. The van der Waals surface area contributed by atoms with Crippen LogP contribution in [0.2, 0.25) is 5.02 Å². The van der Waals surface area contributed by atoms with Crippen molar-refractivity contribution < 1.29 is 0 Å². The molecule has 0 aliphatic heterocycles. The number of aromatic nitrogens is 3. The summed E-state index contributed by atoms with van der Waals surface area (Å²) in [4.78, 5) is 12.4. The van der Waals surface area contributed by atoms with Crippen LogP contribution in [-0.2, 0) is 0 Å². The highest BCUT2D eigenvalue weighted by Crippen LogP contribution is 2.41. The number of H-pyrrole nitrogens is 1. The molecule has 2 N–H and O–H groups in total. The SMILES string of the molecule is Cc1ccc2c(-c3nc(Nc4cccc(C5CC5)c4)ncc3Cl)c[nH]c2c1. The number of nitrogens with zero attached hydrogens (tertiary/aromatic N) is 2. The van der Waals surface area contributed by atoms with Gasteiger partial charge in [-0.1, -0.05) is 35.9 Å². The van der Waals surface area contributed by atoms with Gasteiger partial charge < -0.3 is 10.3 Å². The normalized spacial score (nSPS) is 13.9. The molecule has 5 rings (SSSR count). The lowest BCUT2D eigenvalue weighted by molar-refractivity contribution is 1.12. The number of anilines is 2. The van der Waals surface area contributed by atoms with E-state index in [-0.39, 0.29) is 0 Å². The van der Waals surface area contributed by atoms with E-state index in [0.29, 0.717) is 16.9 Å². The Hall–Kier alpha value is -2.85. The van der Waals surface area contributed by atoms with Gasteiger partial charge in [-0.15, -0.1) is 0 Å². The van der Waals surface area contributed by atoms with Crippen molar-refractivity contribution in [1.82, 2.24) is 15.0 Å². The van der Waals surface area contributed by atoms with Gasteiger partial charge in [-0.05, 0) is 55.0 Å². The summed E-state index contributed by atoms with van der Waals surface area (Å²) in [5.74, 6) is 1.26. The van der Waals surface area contributed by atoms with Gasteiger partial charge in [0.2, 0.25) is 5.95 Å². The second-order valence-corrected chi connectivity index (χ2v) is 7.57. The van der Waals surface area contributed by atoms with Crippen LogP contribution in [0.25, 0.3) is 22.2 Å². The molecule has 1 aliphatic carbocycles. The van der Waals surface area contributed by atoms with Crippen molar-refractivity contribution in [2.45, 2.75) is 25.7 Å². The zero-order valence-corrected chi connectivity index (χ0v) is 15.7. The van der Waals surface area contributed by atoms with E-state index in [1.807, 2.05) is 12.3 Å². The first-order valence-corrected chi connectivity index (χ1v) is 9.53. The lowest BCUT2D eigenvalue weighted by Gasteiger charge is -2.09. The van der Waals surface area contributed by atoms with E-state index >= 15 is 0 Å². The summed E-state index contributed by atoms with van der Waals surface area (Å²) in [5.41, 5.74) is 6.37. The highest BCUT2D eigenvalue weighted by molar-refractivity contribution is 6.33. The molecule has 1 aliphatic rings. The molecular formula is C22H19ClN4. The van der Waals surface area contributed by atoms with Crippen LogP contribution in [0.1, 0.15) is 29.9 Å². The quantitative estimate of drug-likeness (QED) is 0.446. The molecule has 2 aromatic heterocycles. The van der Waals surface area contributed by atoms with Crippen LogP contribution in [0.15, 0.2) is 54.9 Å². The van der Waals surface area contributed by atoms with Gasteiger partial charge in [0.1, 0.15) is 0 Å². The highest BCUT2D eigenvalue weighted by Gasteiger charge is 2.23. The summed E-state index contributed by atoms with van der Waals surface area (Å²) >= 11 is 6.43. The molecule has 1 fully saturated rings. The van der Waals surface area contributed by atoms with Gasteiger partial charge in [0.05, 0.1) is 16.9 Å². The fourth-order valence-corrected chi connectivity index (χ4v) is 3.66. The average molecular weight is 375 g/mol. The van der Waals surface area contributed by atoms with Crippen molar-refractivity contribution in [2.24, 2.45) is 0 Å². The third-order valence-corrected chi connectivity index (χ3v) is 5.30. The third kappa shape index (κ3) is 3.17. The lowest BCUT2D eigenvalue weighted by atomic mass is 10.1. The van der Waals surface area contributed by atoms with Crippen molar-refractivity contribution in [3.05, 3.63) is 71.0 Å². The number of hydrogen-bond acceptors (Lipinski definition) is 3. The molecule has 0 spiro atoms. The number of rotatable bonds is 4. The van der Waals surface area contributed by atoms with Gasteiger partial charge in [-0.25, -0.2) is 9.97 Å². The molecule has 27 heavy (non-hydrogen) atoms. The van der Waals surface area contributed by atoms with E-state index < -0.39 is 0 Å². The van der Waals surface area contributed by atoms with Crippen molar-refractivity contribution in [3.63, 3.8) is 0 Å². The van der Waals surface area contributed by atoms with Crippen molar-refractivity contribution in [2.75, 3.05) is 5.32 Å². The minimum absolute atomic E-state index is 0.536. The fourth-order valence-electron chi connectivity index (χ4n) is 3.47. The number of aromatic amines is 1. The van der Waals surface area contributed by atoms with E-state index in [0.717, 1.165) is 27.8 Å². The Morgan fingerprint density at radius 2 is 2.04 bits per heavy atom. The Kier molecular flexibility index (Phi) is 3.87. The molecule has 0 unspecified atom stereocenters. The van der Waals surface area contributed by atoms with Crippen molar-refractivity contribution >= 4 is 34.1 Å². The summed E-state index contributed by atoms with van der Waals surface area (Å²) < 4.78 is 0. The average Bonchev–Trinajstić information content (AvgIpc) is 3.44. The maximum absolute atomic E-state index is 6.43.